The van der Waals surface area contributed by atoms with Crippen molar-refractivity contribution in [3.63, 3.8) is 0 Å². The number of piperidine rings is 1. The van der Waals surface area contributed by atoms with E-state index in [0.29, 0.717) is 5.69 Å². The highest BCUT2D eigenvalue weighted by molar-refractivity contribution is 5.93. The lowest BCUT2D eigenvalue weighted by Crippen LogP contribution is -2.43. The molecule has 18 heavy (non-hydrogen) atoms. The van der Waals surface area contributed by atoms with Crippen molar-refractivity contribution in [2.24, 2.45) is 0 Å². The summed E-state index contributed by atoms with van der Waals surface area (Å²) >= 11 is 0. The standard InChI is InChI=1S/C13H20N4O/c1-14-11-3-6-15-12(9-11)13(18)16-10-4-7-17(2)8-5-10/h3,6,9-10H,4-5,7-8H2,1-2H3,(H,14,15)(H,16,18). The zero-order valence-corrected chi connectivity index (χ0v) is 10.9. The SMILES string of the molecule is CNc1ccnc(C(=O)NC2CCN(C)CC2)c1. The molecule has 1 saturated heterocycles. The lowest BCUT2D eigenvalue weighted by molar-refractivity contribution is 0.0912. The van der Waals surface area contributed by atoms with Crippen molar-refractivity contribution in [3.05, 3.63) is 24.0 Å². The molecule has 5 heteroatoms. The molecule has 0 aromatic carbocycles. The van der Waals surface area contributed by atoms with Crippen LogP contribution in [0.15, 0.2) is 18.3 Å². The summed E-state index contributed by atoms with van der Waals surface area (Å²) < 4.78 is 0. The van der Waals surface area contributed by atoms with E-state index in [-0.39, 0.29) is 11.9 Å². The van der Waals surface area contributed by atoms with E-state index < -0.39 is 0 Å². The van der Waals surface area contributed by atoms with E-state index in [1.165, 1.54) is 0 Å². The minimum Gasteiger partial charge on any atom is -0.388 e. The monoisotopic (exact) mass is 248 g/mol. The Bertz CT molecular complexity index is 413. The van der Waals surface area contributed by atoms with Gasteiger partial charge < -0.3 is 15.5 Å². The molecule has 2 N–H and O–H groups in total. The molecule has 0 spiro atoms. The highest BCUT2D eigenvalue weighted by Crippen LogP contribution is 2.10. The lowest BCUT2D eigenvalue weighted by atomic mass is 10.1. The van der Waals surface area contributed by atoms with Gasteiger partial charge in [0.2, 0.25) is 0 Å². The maximum atomic E-state index is 12.0. The maximum Gasteiger partial charge on any atom is 0.270 e. The number of rotatable bonds is 3. The van der Waals surface area contributed by atoms with E-state index in [0.717, 1.165) is 31.6 Å². The van der Waals surface area contributed by atoms with E-state index >= 15 is 0 Å². The Kier molecular flexibility index (Phi) is 4.15. The number of likely N-dealkylation sites (tertiary alicyclic amines) is 1. The number of hydrogen-bond acceptors (Lipinski definition) is 4. The van der Waals surface area contributed by atoms with E-state index in [2.05, 4.69) is 27.6 Å². The van der Waals surface area contributed by atoms with Crippen LogP contribution in [0.25, 0.3) is 0 Å². The third kappa shape index (κ3) is 3.20. The number of carbonyl (C=O) groups excluding carboxylic acids is 1. The van der Waals surface area contributed by atoms with Crippen LogP contribution in [0.3, 0.4) is 0 Å². The molecular formula is C13H20N4O. The average molecular weight is 248 g/mol. The third-order valence-corrected chi connectivity index (χ3v) is 3.34. The van der Waals surface area contributed by atoms with Gasteiger partial charge >= 0.3 is 0 Å². The van der Waals surface area contributed by atoms with Crippen molar-refractivity contribution in [1.82, 2.24) is 15.2 Å². The molecule has 2 rings (SSSR count). The largest absolute Gasteiger partial charge is 0.388 e. The van der Waals surface area contributed by atoms with Gasteiger partial charge in [-0.2, -0.15) is 0 Å². The van der Waals surface area contributed by atoms with Gasteiger partial charge in [-0.25, -0.2) is 0 Å². The van der Waals surface area contributed by atoms with Crippen LogP contribution in [0.4, 0.5) is 5.69 Å². The summed E-state index contributed by atoms with van der Waals surface area (Å²) in [5.41, 5.74) is 1.37. The molecule has 0 aliphatic carbocycles. The summed E-state index contributed by atoms with van der Waals surface area (Å²) in [6, 6.07) is 3.88. The molecule has 1 amide bonds. The van der Waals surface area contributed by atoms with Gasteiger partial charge in [-0.05, 0) is 45.1 Å². The Morgan fingerprint density at radius 3 is 2.83 bits per heavy atom. The number of aromatic nitrogens is 1. The number of pyridine rings is 1. The fourth-order valence-corrected chi connectivity index (χ4v) is 2.12. The van der Waals surface area contributed by atoms with Gasteiger partial charge in [0.15, 0.2) is 0 Å². The Balaban J connectivity index is 1.94. The van der Waals surface area contributed by atoms with Gasteiger partial charge in [-0.15, -0.1) is 0 Å². The summed E-state index contributed by atoms with van der Waals surface area (Å²) in [6.07, 6.45) is 3.66. The molecule has 98 valence electrons. The number of nitrogens with zero attached hydrogens (tertiary/aromatic N) is 2. The highest BCUT2D eigenvalue weighted by atomic mass is 16.1. The van der Waals surface area contributed by atoms with Crippen molar-refractivity contribution in [1.29, 1.82) is 0 Å². The fraction of sp³-hybridized carbons (Fsp3) is 0.538. The molecule has 0 bridgehead atoms. The number of hydrogen-bond donors (Lipinski definition) is 2. The molecule has 1 aromatic rings. The quantitative estimate of drug-likeness (QED) is 0.836. The molecule has 1 aromatic heterocycles. The van der Waals surface area contributed by atoms with E-state index in [1.807, 2.05) is 13.1 Å². The van der Waals surface area contributed by atoms with Crippen molar-refractivity contribution >= 4 is 11.6 Å². The minimum absolute atomic E-state index is 0.0818. The van der Waals surface area contributed by atoms with Crippen LogP contribution < -0.4 is 10.6 Å². The Morgan fingerprint density at radius 2 is 2.17 bits per heavy atom. The molecule has 1 fully saturated rings. The van der Waals surface area contributed by atoms with Gasteiger partial charge in [0.05, 0.1) is 0 Å². The number of anilines is 1. The van der Waals surface area contributed by atoms with Crippen molar-refractivity contribution in [2.75, 3.05) is 32.5 Å². The smallest absolute Gasteiger partial charge is 0.270 e. The van der Waals surface area contributed by atoms with Gasteiger partial charge in [0, 0.05) is 25.0 Å². The molecule has 1 aliphatic heterocycles. The summed E-state index contributed by atoms with van der Waals surface area (Å²) in [5, 5.41) is 6.06. The number of nitrogens with one attached hydrogen (secondary N) is 2. The number of amides is 1. The van der Waals surface area contributed by atoms with Crippen LogP contribution >= 0.6 is 0 Å². The van der Waals surface area contributed by atoms with Crippen molar-refractivity contribution < 1.29 is 4.79 Å². The van der Waals surface area contributed by atoms with Crippen LogP contribution in [0.5, 0.6) is 0 Å². The molecular weight excluding hydrogens is 228 g/mol. The maximum absolute atomic E-state index is 12.0. The van der Waals surface area contributed by atoms with Crippen LogP contribution in [-0.2, 0) is 0 Å². The van der Waals surface area contributed by atoms with Crippen molar-refractivity contribution in [3.8, 4) is 0 Å². The summed E-state index contributed by atoms with van der Waals surface area (Å²) in [6.45, 7) is 2.07. The Labute approximate surface area is 108 Å². The second kappa shape index (κ2) is 5.82. The van der Waals surface area contributed by atoms with Crippen molar-refractivity contribution in [2.45, 2.75) is 18.9 Å². The Hall–Kier alpha value is -1.62. The lowest BCUT2D eigenvalue weighted by Gasteiger charge is -2.29. The summed E-state index contributed by atoms with van der Waals surface area (Å²) in [4.78, 5) is 18.4. The van der Waals surface area contributed by atoms with Crippen LogP contribution in [-0.4, -0.2) is 49.0 Å². The normalized spacial score (nSPS) is 17.4. The molecule has 2 heterocycles. The first-order chi connectivity index (χ1) is 8.69. The number of carbonyl (C=O) groups is 1. The first-order valence-electron chi connectivity index (χ1n) is 6.32. The predicted molar refractivity (Wildman–Crippen MR) is 71.8 cm³/mol. The minimum atomic E-state index is -0.0818. The van der Waals surface area contributed by atoms with Crippen LogP contribution in [0.1, 0.15) is 23.3 Å². The molecule has 0 unspecified atom stereocenters. The highest BCUT2D eigenvalue weighted by Gasteiger charge is 2.19. The Morgan fingerprint density at radius 1 is 1.44 bits per heavy atom. The van der Waals surface area contributed by atoms with E-state index in [9.17, 15) is 4.79 Å². The molecule has 0 atom stereocenters. The average Bonchev–Trinajstić information content (AvgIpc) is 2.41. The molecule has 1 aliphatic rings. The second-order valence-electron chi connectivity index (χ2n) is 4.73. The van der Waals surface area contributed by atoms with E-state index in [4.69, 9.17) is 0 Å². The van der Waals surface area contributed by atoms with Crippen LogP contribution in [0.2, 0.25) is 0 Å². The third-order valence-electron chi connectivity index (χ3n) is 3.34. The topological polar surface area (TPSA) is 57.3 Å². The van der Waals surface area contributed by atoms with Gasteiger partial charge in [0.25, 0.3) is 5.91 Å². The molecule has 0 radical (unpaired) electrons. The zero-order valence-electron chi connectivity index (χ0n) is 10.9. The van der Waals surface area contributed by atoms with Gasteiger partial charge in [-0.1, -0.05) is 0 Å². The van der Waals surface area contributed by atoms with E-state index in [1.54, 1.807) is 12.3 Å². The van der Waals surface area contributed by atoms with Crippen LogP contribution in [0, 0.1) is 0 Å². The van der Waals surface area contributed by atoms with Gasteiger partial charge in [-0.3, -0.25) is 9.78 Å². The summed E-state index contributed by atoms with van der Waals surface area (Å²) in [7, 11) is 3.93. The fourth-order valence-electron chi connectivity index (χ4n) is 2.12. The van der Waals surface area contributed by atoms with Gasteiger partial charge in [0.1, 0.15) is 5.69 Å². The first kappa shape index (κ1) is 12.8. The second-order valence-corrected chi connectivity index (χ2v) is 4.73. The molecule has 0 saturated carbocycles. The molecule has 5 nitrogen and oxygen atoms in total. The zero-order chi connectivity index (χ0) is 13.0. The predicted octanol–water partition coefficient (Wildman–Crippen LogP) is 0.947. The first-order valence-corrected chi connectivity index (χ1v) is 6.32. The summed E-state index contributed by atoms with van der Waals surface area (Å²) in [5.74, 6) is -0.0818.